The molecule has 0 saturated carbocycles. The predicted octanol–water partition coefficient (Wildman–Crippen LogP) is 2.96. The molecule has 1 aromatic rings. The van der Waals surface area contributed by atoms with E-state index >= 15 is 0 Å². The molecule has 2 heteroatoms. The van der Waals surface area contributed by atoms with Crippen molar-refractivity contribution in [2.75, 3.05) is 0 Å². The first-order valence-electron chi connectivity index (χ1n) is 4.41. The zero-order valence-corrected chi connectivity index (χ0v) is 7.79. The van der Waals surface area contributed by atoms with E-state index in [-0.39, 0.29) is 0 Å². The maximum absolute atomic E-state index is 5.17. The van der Waals surface area contributed by atoms with Gasteiger partial charge in [0, 0.05) is 11.6 Å². The molecule has 13 heavy (non-hydrogen) atoms. The number of fused-ring (bicyclic) bond motifs is 1. The van der Waals surface area contributed by atoms with Gasteiger partial charge in [0.2, 0.25) is 0 Å². The van der Waals surface area contributed by atoms with Crippen molar-refractivity contribution in [2.24, 2.45) is 0 Å². The molecule has 0 N–H and O–H groups in total. The molecule has 0 aromatic carbocycles. The van der Waals surface area contributed by atoms with Crippen molar-refractivity contribution >= 4 is 11.6 Å². The fourth-order valence-corrected chi connectivity index (χ4v) is 1.53. The molecule has 0 bridgehead atoms. The Kier molecular flexibility index (Phi) is 1.91. The van der Waals surface area contributed by atoms with E-state index in [4.69, 9.17) is 4.52 Å². The topological polar surface area (TPSA) is 26.0 Å². The van der Waals surface area contributed by atoms with E-state index in [0.29, 0.717) is 0 Å². The number of allylic oxidation sites excluding steroid dienone is 3. The third kappa shape index (κ3) is 1.25. The summed E-state index contributed by atoms with van der Waals surface area (Å²) < 4.78 is 5.17. The second kappa shape index (κ2) is 3.08. The van der Waals surface area contributed by atoms with Crippen LogP contribution in [-0.2, 0) is 0 Å². The molecule has 0 saturated heterocycles. The fraction of sp³-hybridized carbons (Fsp3) is 0.273. The lowest BCUT2D eigenvalue weighted by atomic mass is 10.0. The number of aryl methyl sites for hydroxylation is 1. The van der Waals surface area contributed by atoms with E-state index in [2.05, 4.69) is 23.9 Å². The van der Waals surface area contributed by atoms with Crippen LogP contribution in [0.4, 0.5) is 0 Å². The third-order valence-corrected chi connectivity index (χ3v) is 2.19. The van der Waals surface area contributed by atoms with Crippen molar-refractivity contribution in [3.8, 4) is 0 Å². The summed E-state index contributed by atoms with van der Waals surface area (Å²) in [7, 11) is 0. The molecule has 1 aromatic heterocycles. The average molecular weight is 173 g/mol. The van der Waals surface area contributed by atoms with Crippen molar-refractivity contribution in [2.45, 2.75) is 20.3 Å². The quantitative estimate of drug-likeness (QED) is 0.610. The van der Waals surface area contributed by atoms with Crippen molar-refractivity contribution in [1.82, 2.24) is 5.16 Å². The van der Waals surface area contributed by atoms with Crippen LogP contribution in [0.2, 0.25) is 0 Å². The minimum Gasteiger partial charge on any atom is -0.355 e. The maximum Gasteiger partial charge on any atom is 0.175 e. The molecule has 0 radical (unpaired) electrons. The molecule has 0 spiro atoms. The first kappa shape index (κ1) is 8.09. The Hall–Kier alpha value is -1.53. The molecule has 66 valence electrons. The molecule has 1 heterocycles. The summed E-state index contributed by atoms with van der Waals surface area (Å²) in [5.74, 6) is 0.819. The van der Waals surface area contributed by atoms with E-state index in [1.54, 1.807) is 0 Å². The van der Waals surface area contributed by atoms with E-state index < -0.39 is 0 Å². The number of nitrogens with zero attached hydrogens (tertiary/aromatic N) is 1. The Balaban J connectivity index is 2.66. The molecule has 2 rings (SSSR count). The number of hydrogen-bond acceptors (Lipinski definition) is 2. The zero-order chi connectivity index (χ0) is 9.26. The van der Waals surface area contributed by atoms with Crippen LogP contribution >= 0.6 is 0 Å². The first-order valence-corrected chi connectivity index (χ1v) is 4.41. The highest BCUT2D eigenvalue weighted by atomic mass is 16.5. The van der Waals surface area contributed by atoms with Crippen molar-refractivity contribution < 1.29 is 4.52 Å². The minimum atomic E-state index is 0.819. The maximum atomic E-state index is 5.17. The molecule has 0 unspecified atom stereocenters. The van der Waals surface area contributed by atoms with Crippen LogP contribution in [0.5, 0.6) is 0 Å². The van der Waals surface area contributed by atoms with Gasteiger partial charge in [-0.2, -0.15) is 0 Å². The fourth-order valence-electron chi connectivity index (χ4n) is 1.53. The molecule has 0 amide bonds. The van der Waals surface area contributed by atoms with Crippen LogP contribution in [0.1, 0.15) is 30.4 Å². The Bertz CT molecular complexity index is 417. The van der Waals surface area contributed by atoms with Gasteiger partial charge in [0.25, 0.3) is 0 Å². The Labute approximate surface area is 77.2 Å². The summed E-state index contributed by atoms with van der Waals surface area (Å²) in [5.41, 5.74) is 6.36. The van der Waals surface area contributed by atoms with Crippen LogP contribution in [0, 0.1) is 6.92 Å². The van der Waals surface area contributed by atoms with E-state index in [9.17, 15) is 0 Å². The van der Waals surface area contributed by atoms with Crippen LogP contribution in [0.15, 0.2) is 22.4 Å². The summed E-state index contributed by atoms with van der Waals surface area (Å²) in [6.07, 6.45) is 6.79. The lowest BCUT2D eigenvalue weighted by Crippen LogP contribution is -1.85. The van der Waals surface area contributed by atoms with Gasteiger partial charge in [-0.25, -0.2) is 0 Å². The van der Waals surface area contributed by atoms with Crippen LogP contribution in [0.3, 0.4) is 0 Å². The molecular weight excluding hydrogens is 162 g/mol. The average Bonchev–Trinajstić information content (AvgIpc) is 2.39. The molecule has 0 aliphatic heterocycles. The summed E-state index contributed by atoms with van der Waals surface area (Å²) in [5, 5.41) is 3.94. The second-order valence-electron chi connectivity index (χ2n) is 3.03. The normalized spacial score (nSPS) is 13.8. The number of hydrogen-bond donors (Lipinski definition) is 0. The van der Waals surface area contributed by atoms with Gasteiger partial charge in [0.05, 0.1) is 5.69 Å². The smallest absolute Gasteiger partial charge is 0.175 e. The number of rotatable bonds is 1. The first-order chi connectivity index (χ1) is 6.33. The van der Waals surface area contributed by atoms with Gasteiger partial charge < -0.3 is 4.52 Å². The van der Waals surface area contributed by atoms with Gasteiger partial charge in [-0.05, 0) is 25.0 Å². The predicted molar refractivity (Wildman–Crippen MR) is 52.1 cm³/mol. The highest BCUT2D eigenvalue weighted by Crippen LogP contribution is 2.27. The Morgan fingerprint density at radius 1 is 1.54 bits per heavy atom. The Morgan fingerprint density at radius 3 is 3.15 bits per heavy atom. The lowest BCUT2D eigenvalue weighted by Gasteiger charge is -2.00. The van der Waals surface area contributed by atoms with Gasteiger partial charge in [0.15, 0.2) is 5.76 Å². The highest BCUT2D eigenvalue weighted by Gasteiger charge is 2.14. The molecular formula is C11H11NO. The SMILES string of the molecule is CCC1=CC=C=Cc2onc(C)c21. The standard InChI is InChI=1S/C11H11NO/c1-3-9-6-4-5-7-10-11(9)8(2)12-13-10/h4,6-7H,3H2,1-2H3. The summed E-state index contributed by atoms with van der Waals surface area (Å²) in [6.45, 7) is 4.09. The van der Waals surface area contributed by atoms with E-state index in [0.717, 1.165) is 23.4 Å². The summed E-state index contributed by atoms with van der Waals surface area (Å²) in [4.78, 5) is 0. The largest absolute Gasteiger partial charge is 0.355 e. The van der Waals surface area contributed by atoms with Crippen molar-refractivity contribution in [3.63, 3.8) is 0 Å². The monoisotopic (exact) mass is 173 g/mol. The van der Waals surface area contributed by atoms with E-state index in [1.807, 2.05) is 19.1 Å². The molecule has 0 atom stereocenters. The van der Waals surface area contributed by atoms with Gasteiger partial charge in [-0.15, -0.1) is 5.73 Å². The van der Waals surface area contributed by atoms with Gasteiger partial charge in [-0.3, -0.25) is 0 Å². The number of aromatic nitrogens is 1. The lowest BCUT2D eigenvalue weighted by molar-refractivity contribution is 0.408. The van der Waals surface area contributed by atoms with Crippen molar-refractivity contribution in [3.05, 3.63) is 34.9 Å². The van der Waals surface area contributed by atoms with E-state index in [1.165, 1.54) is 5.57 Å². The van der Waals surface area contributed by atoms with Gasteiger partial charge >= 0.3 is 0 Å². The van der Waals surface area contributed by atoms with Gasteiger partial charge in [0.1, 0.15) is 0 Å². The van der Waals surface area contributed by atoms with Crippen LogP contribution in [0.25, 0.3) is 11.6 Å². The Morgan fingerprint density at radius 2 is 2.38 bits per heavy atom. The van der Waals surface area contributed by atoms with Crippen molar-refractivity contribution in [1.29, 1.82) is 0 Å². The second-order valence-corrected chi connectivity index (χ2v) is 3.03. The molecule has 2 nitrogen and oxygen atoms in total. The molecule has 1 aliphatic rings. The third-order valence-electron chi connectivity index (χ3n) is 2.19. The minimum absolute atomic E-state index is 0.819. The van der Waals surface area contributed by atoms with Crippen LogP contribution < -0.4 is 0 Å². The zero-order valence-electron chi connectivity index (χ0n) is 7.79. The van der Waals surface area contributed by atoms with Gasteiger partial charge in [-0.1, -0.05) is 18.2 Å². The summed E-state index contributed by atoms with van der Waals surface area (Å²) >= 11 is 0. The summed E-state index contributed by atoms with van der Waals surface area (Å²) in [6, 6.07) is 0. The molecule has 1 aliphatic carbocycles. The molecule has 0 fully saturated rings. The van der Waals surface area contributed by atoms with Crippen LogP contribution in [-0.4, -0.2) is 5.16 Å². The highest BCUT2D eigenvalue weighted by molar-refractivity contribution is 5.75.